The van der Waals surface area contributed by atoms with Gasteiger partial charge < -0.3 is 10.2 Å². The Labute approximate surface area is 153 Å². The molecular weight excluding hydrogens is 331 g/mol. The van der Waals surface area contributed by atoms with Crippen LogP contribution in [0.25, 0.3) is 0 Å². The van der Waals surface area contributed by atoms with E-state index in [2.05, 4.69) is 5.32 Å². The largest absolute Gasteiger partial charge is 0.348 e. The van der Waals surface area contributed by atoms with Crippen molar-refractivity contribution in [3.8, 4) is 0 Å². The second-order valence-electron chi connectivity index (χ2n) is 6.56. The highest BCUT2D eigenvalue weighted by atomic mass is 19.1. The van der Waals surface area contributed by atoms with Crippen molar-refractivity contribution >= 4 is 11.8 Å². The van der Waals surface area contributed by atoms with E-state index in [1.807, 2.05) is 4.90 Å². The SMILES string of the molecule is O=C(NCc1ccccc1F)c1cccc(C(=O)N2CCCCCC2)c1. The molecule has 4 nitrogen and oxygen atoms in total. The van der Waals surface area contributed by atoms with Gasteiger partial charge in [0.05, 0.1) is 0 Å². The number of hydrogen-bond donors (Lipinski definition) is 1. The van der Waals surface area contributed by atoms with Gasteiger partial charge in [0.2, 0.25) is 0 Å². The molecule has 0 saturated carbocycles. The summed E-state index contributed by atoms with van der Waals surface area (Å²) in [4.78, 5) is 26.9. The number of halogens is 1. The van der Waals surface area contributed by atoms with Crippen LogP contribution < -0.4 is 5.32 Å². The molecule has 1 aliphatic heterocycles. The van der Waals surface area contributed by atoms with Crippen molar-refractivity contribution < 1.29 is 14.0 Å². The van der Waals surface area contributed by atoms with Gasteiger partial charge in [-0.1, -0.05) is 37.1 Å². The third kappa shape index (κ3) is 4.48. The molecule has 1 saturated heterocycles. The fourth-order valence-electron chi connectivity index (χ4n) is 3.17. The zero-order valence-corrected chi connectivity index (χ0v) is 14.7. The third-order valence-corrected chi connectivity index (χ3v) is 4.66. The van der Waals surface area contributed by atoms with E-state index in [-0.39, 0.29) is 24.2 Å². The molecule has 0 aliphatic carbocycles. The van der Waals surface area contributed by atoms with Gasteiger partial charge in [0.15, 0.2) is 0 Å². The summed E-state index contributed by atoms with van der Waals surface area (Å²) in [5.74, 6) is -0.702. The molecule has 26 heavy (non-hydrogen) atoms. The van der Waals surface area contributed by atoms with Crippen LogP contribution >= 0.6 is 0 Å². The molecule has 0 atom stereocenters. The fraction of sp³-hybridized carbons (Fsp3) is 0.333. The first-order valence-corrected chi connectivity index (χ1v) is 9.06. The van der Waals surface area contributed by atoms with Gasteiger partial charge in [-0.25, -0.2) is 4.39 Å². The Bertz CT molecular complexity index is 783. The maximum absolute atomic E-state index is 13.7. The maximum Gasteiger partial charge on any atom is 0.253 e. The lowest BCUT2D eigenvalue weighted by atomic mass is 10.1. The molecule has 1 fully saturated rings. The normalized spacial score (nSPS) is 14.6. The van der Waals surface area contributed by atoms with E-state index in [1.165, 1.54) is 6.07 Å². The predicted molar refractivity (Wildman–Crippen MR) is 98.4 cm³/mol. The summed E-state index contributed by atoms with van der Waals surface area (Å²) in [7, 11) is 0. The average Bonchev–Trinajstić information content (AvgIpc) is 2.96. The number of carbonyl (C=O) groups is 2. The zero-order chi connectivity index (χ0) is 18.4. The average molecular weight is 354 g/mol. The lowest BCUT2D eigenvalue weighted by molar-refractivity contribution is 0.0761. The number of rotatable bonds is 4. The van der Waals surface area contributed by atoms with Gasteiger partial charge >= 0.3 is 0 Å². The highest BCUT2D eigenvalue weighted by molar-refractivity contribution is 5.99. The minimum absolute atomic E-state index is 0.0318. The van der Waals surface area contributed by atoms with Gasteiger partial charge in [0.25, 0.3) is 11.8 Å². The molecule has 3 rings (SSSR count). The fourth-order valence-corrected chi connectivity index (χ4v) is 3.17. The van der Waals surface area contributed by atoms with Crippen molar-refractivity contribution in [2.24, 2.45) is 0 Å². The van der Waals surface area contributed by atoms with Crippen molar-refractivity contribution in [3.63, 3.8) is 0 Å². The summed E-state index contributed by atoms with van der Waals surface area (Å²) in [6.45, 7) is 1.64. The quantitative estimate of drug-likeness (QED) is 0.909. The first kappa shape index (κ1) is 18.1. The number of hydrogen-bond acceptors (Lipinski definition) is 2. The molecule has 2 aromatic carbocycles. The second-order valence-corrected chi connectivity index (χ2v) is 6.56. The van der Waals surface area contributed by atoms with Crippen LogP contribution in [0.4, 0.5) is 4.39 Å². The van der Waals surface area contributed by atoms with Gasteiger partial charge in [-0.15, -0.1) is 0 Å². The molecule has 1 N–H and O–H groups in total. The van der Waals surface area contributed by atoms with E-state index in [4.69, 9.17) is 0 Å². The highest BCUT2D eigenvalue weighted by Gasteiger charge is 2.18. The number of amides is 2. The van der Waals surface area contributed by atoms with E-state index in [1.54, 1.807) is 42.5 Å². The van der Waals surface area contributed by atoms with Crippen LogP contribution in [0.5, 0.6) is 0 Å². The van der Waals surface area contributed by atoms with Crippen molar-refractivity contribution in [2.45, 2.75) is 32.2 Å². The van der Waals surface area contributed by atoms with Gasteiger partial charge in [0, 0.05) is 36.3 Å². The Morgan fingerprint density at radius 2 is 1.62 bits per heavy atom. The van der Waals surface area contributed by atoms with Gasteiger partial charge in [0.1, 0.15) is 5.82 Å². The summed E-state index contributed by atoms with van der Waals surface area (Å²) in [5, 5.41) is 2.71. The maximum atomic E-state index is 13.7. The summed E-state index contributed by atoms with van der Waals surface area (Å²) in [6.07, 6.45) is 4.35. The predicted octanol–water partition coefficient (Wildman–Crippen LogP) is 3.77. The topological polar surface area (TPSA) is 49.4 Å². The van der Waals surface area contributed by atoms with Crippen LogP contribution in [0, 0.1) is 5.82 Å². The van der Waals surface area contributed by atoms with Crippen LogP contribution in [-0.2, 0) is 6.54 Å². The standard InChI is InChI=1S/C21H23FN2O2/c22-19-11-4-3-8-18(19)15-23-20(25)16-9-7-10-17(14-16)21(26)24-12-5-1-2-6-13-24/h3-4,7-11,14H,1-2,5-6,12-13,15H2,(H,23,25). The zero-order valence-electron chi connectivity index (χ0n) is 14.7. The van der Waals surface area contributed by atoms with E-state index in [0.29, 0.717) is 16.7 Å². The van der Waals surface area contributed by atoms with Crippen molar-refractivity contribution in [2.75, 3.05) is 13.1 Å². The first-order valence-electron chi connectivity index (χ1n) is 9.06. The number of nitrogens with one attached hydrogen (secondary N) is 1. The molecule has 0 spiro atoms. The Morgan fingerprint density at radius 3 is 2.35 bits per heavy atom. The molecule has 0 bridgehead atoms. The lowest BCUT2D eigenvalue weighted by Crippen LogP contribution is -2.32. The molecule has 5 heteroatoms. The smallest absolute Gasteiger partial charge is 0.253 e. The van der Waals surface area contributed by atoms with Crippen molar-refractivity contribution in [1.29, 1.82) is 0 Å². The van der Waals surface area contributed by atoms with E-state index in [9.17, 15) is 14.0 Å². The lowest BCUT2D eigenvalue weighted by Gasteiger charge is -2.20. The molecule has 136 valence electrons. The number of likely N-dealkylation sites (tertiary alicyclic amines) is 1. The minimum atomic E-state index is -0.349. The summed E-state index contributed by atoms with van der Waals surface area (Å²) >= 11 is 0. The van der Waals surface area contributed by atoms with E-state index < -0.39 is 0 Å². The van der Waals surface area contributed by atoms with Crippen molar-refractivity contribution in [3.05, 3.63) is 71.0 Å². The van der Waals surface area contributed by atoms with Crippen LogP contribution in [0.2, 0.25) is 0 Å². The Morgan fingerprint density at radius 1 is 0.923 bits per heavy atom. The number of carbonyl (C=O) groups excluding carboxylic acids is 2. The van der Waals surface area contributed by atoms with Crippen LogP contribution in [0.15, 0.2) is 48.5 Å². The molecular formula is C21H23FN2O2. The van der Waals surface area contributed by atoms with Crippen LogP contribution in [-0.4, -0.2) is 29.8 Å². The molecule has 2 aromatic rings. The molecule has 0 unspecified atom stereocenters. The van der Waals surface area contributed by atoms with Gasteiger partial charge in [-0.3, -0.25) is 9.59 Å². The first-order chi connectivity index (χ1) is 12.6. The second kappa shape index (κ2) is 8.61. The highest BCUT2D eigenvalue weighted by Crippen LogP contribution is 2.15. The third-order valence-electron chi connectivity index (χ3n) is 4.66. The van der Waals surface area contributed by atoms with E-state index in [0.717, 1.165) is 38.8 Å². The molecule has 1 aliphatic rings. The Balaban J connectivity index is 1.67. The molecule has 2 amide bonds. The van der Waals surface area contributed by atoms with Crippen molar-refractivity contribution in [1.82, 2.24) is 10.2 Å². The molecule has 0 aromatic heterocycles. The monoisotopic (exact) mass is 354 g/mol. The van der Waals surface area contributed by atoms with Gasteiger partial charge in [-0.2, -0.15) is 0 Å². The van der Waals surface area contributed by atoms with Crippen LogP contribution in [0.3, 0.4) is 0 Å². The van der Waals surface area contributed by atoms with Gasteiger partial charge in [-0.05, 0) is 37.1 Å². The Kier molecular flexibility index (Phi) is 6.00. The summed E-state index contributed by atoms with van der Waals surface area (Å²) < 4.78 is 13.7. The van der Waals surface area contributed by atoms with Crippen LogP contribution in [0.1, 0.15) is 52.0 Å². The summed E-state index contributed by atoms with van der Waals surface area (Å²) in [5.41, 5.74) is 1.35. The number of benzene rings is 2. The molecule has 0 radical (unpaired) electrons. The Hall–Kier alpha value is -2.69. The van der Waals surface area contributed by atoms with E-state index >= 15 is 0 Å². The molecule has 1 heterocycles. The number of nitrogens with zero attached hydrogens (tertiary/aromatic N) is 1. The summed E-state index contributed by atoms with van der Waals surface area (Å²) in [6, 6.07) is 13.1. The minimum Gasteiger partial charge on any atom is -0.348 e.